The van der Waals surface area contributed by atoms with Crippen molar-refractivity contribution in [1.82, 2.24) is 4.57 Å². The van der Waals surface area contributed by atoms with Crippen molar-refractivity contribution in [2.24, 2.45) is 5.73 Å². The number of aromatic nitrogens is 1. The number of nitrogens with zero attached hydrogens (tertiary/aromatic N) is 1. The number of carbonyl (C=O) groups is 1. The van der Waals surface area contributed by atoms with Crippen molar-refractivity contribution in [2.45, 2.75) is 15.6 Å². The highest BCUT2D eigenvalue weighted by Crippen LogP contribution is 2.27. The molecule has 1 amide bonds. The Labute approximate surface area is 146 Å². The van der Waals surface area contributed by atoms with Gasteiger partial charge in [0.1, 0.15) is 9.90 Å². The van der Waals surface area contributed by atoms with Gasteiger partial charge < -0.3 is 10.3 Å². The third-order valence-corrected chi connectivity index (χ3v) is 6.65. The topological polar surface area (TPSA) is 82.2 Å². The molecule has 0 aliphatic rings. The van der Waals surface area contributed by atoms with E-state index in [0.29, 0.717) is 5.56 Å². The zero-order valence-electron chi connectivity index (χ0n) is 12.6. The number of carbonyl (C=O) groups excluding carboxylic acids is 1. The van der Waals surface area contributed by atoms with Gasteiger partial charge in [0, 0.05) is 12.7 Å². The van der Waals surface area contributed by atoms with E-state index in [1.54, 1.807) is 11.4 Å². The summed E-state index contributed by atoms with van der Waals surface area (Å²) < 4.78 is 53.0. The summed E-state index contributed by atoms with van der Waals surface area (Å²) in [6, 6.07) is 7.52. The Hall–Kier alpha value is -2.52. The molecule has 0 saturated carbocycles. The number of thiophene rings is 1. The summed E-state index contributed by atoms with van der Waals surface area (Å²) in [6.45, 7) is -0.0323. The van der Waals surface area contributed by atoms with Crippen molar-refractivity contribution in [3.05, 3.63) is 70.9 Å². The largest absolute Gasteiger partial charge is 0.364 e. The van der Waals surface area contributed by atoms with Gasteiger partial charge in [-0.3, -0.25) is 4.79 Å². The van der Waals surface area contributed by atoms with Crippen molar-refractivity contribution in [1.29, 1.82) is 0 Å². The monoisotopic (exact) mass is 382 g/mol. The van der Waals surface area contributed by atoms with Crippen LogP contribution in [0.2, 0.25) is 0 Å². The maximum absolute atomic E-state index is 13.4. The predicted molar refractivity (Wildman–Crippen MR) is 88.2 cm³/mol. The highest BCUT2D eigenvalue weighted by molar-refractivity contribution is 7.93. The maximum Gasteiger partial charge on any atom is 0.265 e. The van der Waals surface area contributed by atoms with Crippen LogP contribution in [0.3, 0.4) is 0 Å². The minimum atomic E-state index is -3.78. The molecule has 130 valence electrons. The summed E-state index contributed by atoms with van der Waals surface area (Å²) in [5.74, 6) is -2.85. The lowest BCUT2D eigenvalue weighted by Gasteiger charge is -2.07. The van der Waals surface area contributed by atoms with Gasteiger partial charge in [-0.15, -0.1) is 11.3 Å². The SMILES string of the molecule is NC(=O)c1cc(S(=O)(=O)c2cccs2)cn1Cc1ccc(F)c(F)c1. The first-order valence-electron chi connectivity index (χ1n) is 7.01. The third kappa shape index (κ3) is 3.33. The van der Waals surface area contributed by atoms with Gasteiger partial charge in [-0.2, -0.15) is 0 Å². The molecule has 2 N–H and O–H groups in total. The summed E-state index contributed by atoms with van der Waals surface area (Å²) in [5.41, 5.74) is 5.63. The molecule has 0 saturated heterocycles. The van der Waals surface area contributed by atoms with Crippen molar-refractivity contribution in [2.75, 3.05) is 0 Å². The third-order valence-electron chi connectivity index (χ3n) is 3.53. The number of amides is 1. The number of benzene rings is 1. The number of rotatable bonds is 5. The zero-order valence-corrected chi connectivity index (χ0v) is 14.3. The molecule has 2 aromatic heterocycles. The Morgan fingerprint density at radius 1 is 1.16 bits per heavy atom. The average Bonchev–Trinajstić information content (AvgIpc) is 3.21. The number of sulfone groups is 1. The fraction of sp³-hybridized carbons (Fsp3) is 0.0625. The lowest BCUT2D eigenvalue weighted by atomic mass is 10.2. The van der Waals surface area contributed by atoms with Gasteiger partial charge in [0.2, 0.25) is 9.84 Å². The number of hydrogen-bond acceptors (Lipinski definition) is 4. The van der Waals surface area contributed by atoms with E-state index in [2.05, 4.69) is 0 Å². The Bertz CT molecular complexity index is 1040. The normalized spacial score (nSPS) is 11.6. The highest BCUT2D eigenvalue weighted by atomic mass is 32.2. The molecule has 9 heteroatoms. The molecule has 0 unspecified atom stereocenters. The van der Waals surface area contributed by atoms with Crippen LogP contribution in [0.25, 0.3) is 0 Å². The fourth-order valence-electron chi connectivity index (χ4n) is 2.34. The standard InChI is InChI=1S/C16H12F2N2O3S2/c17-12-4-3-10(6-13(12)18)8-20-9-11(7-14(20)16(19)21)25(22,23)15-2-1-5-24-15/h1-7,9H,8H2,(H2,19,21). The number of hydrogen-bond donors (Lipinski definition) is 1. The van der Waals surface area contributed by atoms with E-state index in [4.69, 9.17) is 5.73 Å². The van der Waals surface area contributed by atoms with Crippen molar-refractivity contribution < 1.29 is 22.0 Å². The van der Waals surface area contributed by atoms with Crippen LogP contribution >= 0.6 is 11.3 Å². The molecule has 0 aliphatic carbocycles. The second kappa shape index (κ2) is 6.41. The van der Waals surface area contributed by atoms with Crippen molar-refractivity contribution in [3.8, 4) is 0 Å². The van der Waals surface area contributed by atoms with E-state index in [1.807, 2.05) is 0 Å². The van der Waals surface area contributed by atoms with Gasteiger partial charge in [0.15, 0.2) is 11.6 Å². The maximum atomic E-state index is 13.4. The van der Waals surface area contributed by atoms with Gasteiger partial charge in [-0.25, -0.2) is 17.2 Å². The van der Waals surface area contributed by atoms with E-state index in [9.17, 15) is 22.0 Å². The zero-order chi connectivity index (χ0) is 18.2. The van der Waals surface area contributed by atoms with Gasteiger partial charge in [0.05, 0.1) is 4.90 Å². The number of primary amides is 1. The van der Waals surface area contributed by atoms with E-state index in [-0.39, 0.29) is 21.3 Å². The molecule has 0 radical (unpaired) electrons. The molecular formula is C16H12F2N2O3S2. The van der Waals surface area contributed by atoms with Gasteiger partial charge in [-0.05, 0) is 35.2 Å². The van der Waals surface area contributed by atoms with Crippen molar-refractivity contribution in [3.63, 3.8) is 0 Å². The van der Waals surface area contributed by atoms with Crippen LogP contribution in [0, 0.1) is 11.6 Å². The minimum Gasteiger partial charge on any atom is -0.364 e. The fourth-order valence-corrected chi connectivity index (χ4v) is 4.77. The van der Waals surface area contributed by atoms with Gasteiger partial charge in [0.25, 0.3) is 5.91 Å². The lowest BCUT2D eigenvalue weighted by molar-refractivity contribution is 0.0992. The molecule has 0 spiro atoms. The first kappa shape index (κ1) is 17.3. The van der Waals surface area contributed by atoms with Crippen LogP contribution in [-0.4, -0.2) is 18.9 Å². The van der Waals surface area contributed by atoms with Crippen LogP contribution in [0.15, 0.2) is 57.1 Å². The van der Waals surface area contributed by atoms with Crippen LogP contribution in [0.1, 0.15) is 16.1 Å². The summed E-state index contributed by atoms with van der Waals surface area (Å²) >= 11 is 1.05. The molecule has 2 heterocycles. The molecule has 3 aromatic rings. The molecule has 3 rings (SSSR count). The van der Waals surface area contributed by atoms with E-state index >= 15 is 0 Å². The van der Waals surface area contributed by atoms with Crippen LogP contribution in [0.4, 0.5) is 8.78 Å². The quantitative estimate of drug-likeness (QED) is 0.737. The molecule has 0 atom stereocenters. The first-order valence-corrected chi connectivity index (χ1v) is 9.38. The molecule has 1 aromatic carbocycles. The molecule has 0 fully saturated rings. The second-order valence-corrected chi connectivity index (χ2v) is 8.36. The summed E-state index contributed by atoms with van der Waals surface area (Å²) in [6.07, 6.45) is 1.26. The summed E-state index contributed by atoms with van der Waals surface area (Å²) in [7, 11) is -3.78. The van der Waals surface area contributed by atoms with E-state index < -0.39 is 27.4 Å². The molecule has 25 heavy (non-hydrogen) atoms. The average molecular weight is 382 g/mol. The van der Waals surface area contributed by atoms with Crippen molar-refractivity contribution >= 4 is 27.1 Å². The first-order chi connectivity index (χ1) is 11.8. The number of nitrogens with two attached hydrogens (primary N) is 1. The molecular weight excluding hydrogens is 370 g/mol. The molecule has 0 aliphatic heterocycles. The summed E-state index contributed by atoms with van der Waals surface area (Å²) in [5, 5.41) is 1.63. The molecule has 0 bridgehead atoms. The van der Waals surface area contributed by atoms with Crippen LogP contribution < -0.4 is 5.73 Å². The number of halogens is 2. The minimum absolute atomic E-state index is 0.0323. The Balaban J connectivity index is 2.04. The van der Waals surface area contributed by atoms with E-state index in [1.165, 1.54) is 29.0 Å². The molecule has 5 nitrogen and oxygen atoms in total. The lowest BCUT2D eigenvalue weighted by Crippen LogP contribution is -2.17. The second-order valence-electron chi connectivity index (χ2n) is 5.24. The Morgan fingerprint density at radius 3 is 2.52 bits per heavy atom. The van der Waals surface area contributed by atoms with E-state index in [0.717, 1.165) is 23.5 Å². The Morgan fingerprint density at radius 2 is 1.92 bits per heavy atom. The Kier molecular flexibility index (Phi) is 4.44. The van der Waals surface area contributed by atoms with Gasteiger partial charge >= 0.3 is 0 Å². The predicted octanol–water partition coefficient (Wildman–Crippen LogP) is 2.81. The summed E-state index contributed by atoms with van der Waals surface area (Å²) in [4.78, 5) is 11.5. The van der Waals surface area contributed by atoms with Gasteiger partial charge in [-0.1, -0.05) is 12.1 Å². The highest BCUT2D eigenvalue weighted by Gasteiger charge is 2.23. The van der Waals surface area contributed by atoms with Crippen LogP contribution in [-0.2, 0) is 16.4 Å². The smallest absolute Gasteiger partial charge is 0.265 e. The van der Waals surface area contributed by atoms with Crippen LogP contribution in [0.5, 0.6) is 0 Å².